The molecule has 0 aliphatic carbocycles. The van der Waals surface area contributed by atoms with Gasteiger partial charge in [-0.15, -0.1) is 0 Å². The Hall–Kier alpha value is -2.77. The molecule has 0 atom stereocenters. The van der Waals surface area contributed by atoms with E-state index >= 15 is 0 Å². The third-order valence-corrected chi connectivity index (χ3v) is 2.60. The van der Waals surface area contributed by atoms with Crippen LogP contribution in [0.25, 0.3) is 0 Å². The number of rotatable bonds is 9. The highest BCUT2D eigenvalue weighted by molar-refractivity contribution is 5.85. The predicted molar refractivity (Wildman–Crippen MR) is 98.2 cm³/mol. The van der Waals surface area contributed by atoms with E-state index in [1.54, 1.807) is 6.92 Å². The fourth-order valence-corrected chi connectivity index (χ4v) is 1.15. The molecule has 0 unspecified atom stereocenters. The Bertz CT molecular complexity index is 503. The second kappa shape index (κ2) is 18.6. The van der Waals surface area contributed by atoms with E-state index in [0.717, 1.165) is 19.3 Å². The molecule has 150 valence electrons. The lowest BCUT2D eigenvalue weighted by atomic mass is 10.1. The third-order valence-electron chi connectivity index (χ3n) is 2.60. The van der Waals surface area contributed by atoms with Crippen LogP contribution >= 0.6 is 0 Å². The van der Waals surface area contributed by atoms with Crippen molar-refractivity contribution in [3.05, 3.63) is 35.8 Å². The first kappa shape index (κ1) is 28.1. The van der Waals surface area contributed by atoms with Crippen molar-refractivity contribution < 1.29 is 39.9 Å². The van der Waals surface area contributed by atoms with Gasteiger partial charge in [0.1, 0.15) is 0 Å². The van der Waals surface area contributed by atoms with Crippen LogP contribution in [-0.2, 0) is 14.4 Å². The van der Waals surface area contributed by atoms with Crippen LogP contribution in [0.2, 0.25) is 0 Å². The molecule has 0 aliphatic rings. The molecule has 0 amide bonds. The van der Waals surface area contributed by atoms with Crippen LogP contribution < -0.4 is 0 Å². The van der Waals surface area contributed by atoms with E-state index < -0.39 is 29.4 Å². The van der Waals surface area contributed by atoms with Crippen molar-refractivity contribution in [3.63, 3.8) is 0 Å². The number of aliphatic hydroxyl groups excluding tert-OH is 2. The monoisotopic (exact) mass is 374 g/mol. The number of allylic oxidation sites excluding steroid dienone is 2. The van der Waals surface area contributed by atoms with E-state index in [1.165, 1.54) is 12.2 Å². The average molecular weight is 374 g/mol. The molecule has 8 heteroatoms. The SMILES string of the molecule is C=C(CCCC)C(=O)O.CC/C=C(\O)C(=O)O.CCC/C=C(\O)C(=O)O. The Kier molecular flexibility index (Phi) is 20.0. The van der Waals surface area contributed by atoms with Gasteiger partial charge >= 0.3 is 17.9 Å². The standard InChI is InChI=1S/C7H12O2.C6H10O3.C5H8O3/c1-3-4-5-6(2)7(8)9;1-2-3-4-5(7)6(8)9;1-2-3-4(6)5(7)8/h2-5H2,1H3,(H,8,9);4,7H,2-3H2,1H3,(H,8,9);3,6H,2H2,1H3,(H,7,8)/b;5-4-;4-3-. The quantitative estimate of drug-likeness (QED) is 0.299. The van der Waals surface area contributed by atoms with E-state index in [9.17, 15) is 14.4 Å². The summed E-state index contributed by atoms with van der Waals surface area (Å²) in [6.07, 6.45) is 7.08. The van der Waals surface area contributed by atoms with Crippen molar-refractivity contribution in [3.8, 4) is 0 Å². The first-order chi connectivity index (χ1) is 12.0. The Morgan fingerprint density at radius 3 is 1.50 bits per heavy atom. The van der Waals surface area contributed by atoms with Gasteiger partial charge in [0.25, 0.3) is 0 Å². The Morgan fingerprint density at radius 2 is 1.23 bits per heavy atom. The van der Waals surface area contributed by atoms with Crippen molar-refractivity contribution in [1.29, 1.82) is 0 Å². The highest BCUT2D eigenvalue weighted by atomic mass is 16.4. The van der Waals surface area contributed by atoms with Gasteiger partial charge in [-0.25, -0.2) is 14.4 Å². The van der Waals surface area contributed by atoms with Gasteiger partial charge in [0, 0.05) is 5.57 Å². The highest BCUT2D eigenvalue weighted by Gasteiger charge is 2.01. The summed E-state index contributed by atoms with van der Waals surface area (Å²) in [6, 6.07) is 0. The van der Waals surface area contributed by atoms with Crippen LogP contribution in [-0.4, -0.2) is 43.4 Å². The summed E-state index contributed by atoms with van der Waals surface area (Å²) >= 11 is 0. The van der Waals surface area contributed by atoms with Crippen LogP contribution in [0.1, 0.15) is 59.3 Å². The topological polar surface area (TPSA) is 152 Å². The number of hydrogen-bond acceptors (Lipinski definition) is 5. The molecule has 0 aromatic rings. The predicted octanol–water partition coefficient (Wildman–Crippen LogP) is 4.05. The average Bonchev–Trinajstić information content (AvgIpc) is 2.58. The zero-order chi connectivity index (χ0) is 21.1. The summed E-state index contributed by atoms with van der Waals surface area (Å²) in [5.74, 6) is -4.54. The lowest BCUT2D eigenvalue weighted by Gasteiger charge is -1.95. The summed E-state index contributed by atoms with van der Waals surface area (Å²) in [6.45, 7) is 9.07. The zero-order valence-electron chi connectivity index (χ0n) is 15.6. The van der Waals surface area contributed by atoms with Gasteiger partial charge in [-0.3, -0.25) is 0 Å². The highest BCUT2D eigenvalue weighted by Crippen LogP contribution is 2.03. The van der Waals surface area contributed by atoms with Gasteiger partial charge < -0.3 is 25.5 Å². The molecule has 0 radical (unpaired) electrons. The van der Waals surface area contributed by atoms with E-state index in [2.05, 4.69) is 6.58 Å². The first-order valence-electron chi connectivity index (χ1n) is 8.20. The molecule has 5 N–H and O–H groups in total. The summed E-state index contributed by atoms with van der Waals surface area (Å²) in [5, 5.41) is 41.3. The maximum Gasteiger partial charge on any atom is 0.370 e. The molecule has 8 nitrogen and oxygen atoms in total. The maximum atomic E-state index is 10.1. The molecule has 0 fully saturated rings. The van der Waals surface area contributed by atoms with Gasteiger partial charge in [0.15, 0.2) is 11.5 Å². The van der Waals surface area contributed by atoms with Crippen LogP contribution in [0, 0.1) is 0 Å². The molecule has 0 aromatic carbocycles. The molecular weight excluding hydrogens is 344 g/mol. The van der Waals surface area contributed by atoms with Gasteiger partial charge in [-0.05, 0) is 37.8 Å². The molecule has 0 rings (SSSR count). The summed E-state index contributed by atoms with van der Waals surface area (Å²) in [4.78, 5) is 29.8. The summed E-state index contributed by atoms with van der Waals surface area (Å²) < 4.78 is 0. The molecule has 0 spiro atoms. The minimum absolute atomic E-state index is 0.317. The Labute approximate surface area is 153 Å². The fraction of sp³-hybridized carbons (Fsp3) is 0.500. The van der Waals surface area contributed by atoms with Gasteiger partial charge in [0.05, 0.1) is 0 Å². The van der Waals surface area contributed by atoms with Crippen LogP contribution in [0.15, 0.2) is 35.8 Å². The van der Waals surface area contributed by atoms with Crippen LogP contribution in [0.3, 0.4) is 0 Å². The summed E-state index contributed by atoms with van der Waals surface area (Å²) in [5.41, 5.74) is 0.317. The van der Waals surface area contributed by atoms with Crippen molar-refractivity contribution in [2.45, 2.75) is 59.3 Å². The number of hydrogen-bond donors (Lipinski definition) is 5. The number of unbranched alkanes of at least 4 members (excludes halogenated alkanes) is 2. The number of aliphatic carboxylic acids is 3. The second-order valence-corrected chi connectivity index (χ2v) is 5.00. The number of aliphatic hydroxyl groups is 2. The largest absolute Gasteiger partial charge is 0.502 e. The molecule has 0 saturated carbocycles. The number of carboxylic acid groups (broad SMARTS) is 3. The molecule has 0 bridgehead atoms. The van der Waals surface area contributed by atoms with Crippen molar-refractivity contribution in [2.75, 3.05) is 0 Å². The van der Waals surface area contributed by atoms with Crippen LogP contribution in [0.4, 0.5) is 0 Å². The van der Waals surface area contributed by atoms with Crippen molar-refractivity contribution in [2.24, 2.45) is 0 Å². The lowest BCUT2D eigenvalue weighted by molar-refractivity contribution is -0.136. The number of carbonyl (C=O) groups is 3. The van der Waals surface area contributed by atoms with E-state index in [1.807, 2.05) is 13.8 Å². The molecule has 0 aromatic heterocycles. The zero-order valence-corrected chi connectivity index (χ0v) is 15.6. The Balaban J connectivity index is -0.000000306. The van der Waals surface area contributed by atoms with Gasteiger partial charge in [0.2, 0.25) is 0 Å². The van der Waals surface area contributed by atoms with Crippen molar-refractivity contribution >= 4 is 17.9 Å². The second-order valence-electron chi connectivity index (χ2n) is 5.00. The fourth-order valence-electron chi connectivity index (χ4n) is 1.15. The van der Waals surface area contributed by atoms with Crippen LogP contribution in [0.5, 0.6) is 0 Å². The van der Waals surface area contributed by atoms with Gasteiger partial charge in [-0.2, -0.15) is 0 Å². The number of carboxylic acids is 3. The Morgan fingerprint density at radius 1 is 0.769 bits per heavy atom. The smallest absolute Gasteiger partial charge is 0.370 e. The normalized spacial score (nSPS) is 10.6. The van der Waals surface area contributed by atoms with E-state index in [-0.39, 0.29) is 0 Å². The first-order valence-corrected chi connectivity index (χ1v) is 8.20. The van der Waals surface area contributed by atoms with Gasteiger partial charge in [-0.1, -0.05) is 40.2 Å². The molecule has 26 heavy (non-hydrogen) atoms. The summed E-state index contributed by atoms with van der Waals surface area (Å²) in [7, 11) is 0. The van der Waals surface area contributed by atoms with Crippen molar-refractivity contribution in [1.82, 2.24) is 0 Å². The minimum atomic E-state index is -1.27. The van der Waals surface area contributed by atoms with E-state index in [4.69, 9.17) is 25.5 Å². The molecular formula is C18H30O8. The van der Waals surface area contributed by atoms with E-state index in [0.29, 0.717) is 24.8 Å². The third kappa shape index (κ3) is 21.2. The molecule has 0 saturated heterocycles. The minimum Gasteiger partial charge on any atom is -0.502 e. The molecule has 0 heterocycles. The maximum absolute atomic E-state index is 10.1. The lowest BCUT2D eigenvalue weighted by Crippen LogP contribution is -1.98. The molecule has 0 aliphatic heterocycles.